The molecule has 28 heavy (non-hydrogen) atoms. The van der Waals surface area contributed by atoms with E-state index in [0.717, 1.165) is 0 Å². The van der Waals surface area contributed by atoms with Gasteiger partial charge in [-0.15, -0.1) is 0 Å². The summed E-state index contributed by atoms with van der Waals surface area (Å²) in [7, 11) is 0. The number of halogens is 2. The number of nitrogens with zero attached hydrogens (tertiary/aromatic N) is 1. The third kappa shape index (κ3) is 5.94. The van der Waals surface area contributed by atoms with Gasteiger partial charge in [-0.3, -0.25) is 9.59 Å². The molecule has 2 aromatic rings. The van der Waals surface area contributed by atoms with Gasteiger partial charge in [-0.25, -0.2) is 9.78 Å². The van der Waals surface area contributed by atoms with Crippen LogP contribution in [0.1, 0.15) is 41.0 Å². The predicted octanol–water partition coefficient (Wildman–Crippen LogP) is 3.87. The van der Waals surface area contributed by atoms with Crippen molar-refractivity contribution in [3.8, 4) is 0 Å². The van der Waals surface area contributed by atoms with E-state index in [0.29, 0.717) is 17.7 Å². The highest BCUT2D eigenvalue weighted by Crippen LogP contribution is 2.22. The van der Waals surface area contributed by atoms with Crippen LogP contribution in [0.3, 0.4) is 0 Å². The van der Waals surface area contributed by atoms with Crippen LogP contribution in [0.2, 0.25) is 10.2 Å². The van der Waals surface area contributed by atoms with E-state index in [9.17, 15) is 19.5 Å². The van der Waals surface area contributed by atoms with Crippen molar-refractivity contribution >= 4 is 46.7 Å². The van der Waals surface area contributed by atoms with E-state index in [4.69, 9.17) is 23.2 Å². The summed E-state index contributed by atoms with van der Waals surface area (Å²) in [6.45, 7) is 3.73. The number of carbonyl (C=O) groups is 3. The Morgan fingerprint density at radius 2 is 1.82 bits per heavy atom. The number of aliphatic carboxylic acids is 1. The molecule has 7 nitrogen and oxygen atoms in total. The highest BCUT2D eigenvalue weighted by molar-refractivity contribution is 6.34. The Kier molecular flexibility index (Phi) is 7.37. The van der Waals surface area contributed by atoms with E-state index >= 15 is 0 Å². The Hall–Kier alpha value is -2.64. The Labute approximate surface area is 172 Å². The van der Waals surface area contributed by atoms with Crippen LogP contribution in [0.5, 0.6) is 0 Å². The molecule has 1 heterocycles. The molecular weight excluding hydrogens is 405 g/mol. The van der Waals surface area contributed by atoms with Crippen molar-refractivity contribution in [2.75, 3.05) is 5.32 Å². The monoisotopic (exact) mass is 423 g/mol. The van der Waals surface area contributed by atoms with Gasteiger partial charge in [0.05, 0.1) is 16.1 Å². The molecule has 9 heteroatoms. The molecule has 1 aromatic carbocycles. The Balaban J connectivity index is 2.10. The van der Waals surface area contributed by atoms with E-state index in [2.05, 4.69) is 15.6 Å². The van der Waals surface area contributed by atoms with Gasteiger partial charge in [0.2, 0.25) is 0 Å². The van der Waals surface area contributed by atoms with Crippen molar-refractivity contribution in [1.82, 2.24) is 10.3 Å². The number of carboxylic acid groups (broad SMARTS) is 1. The van der Waals surface area contributed by atoms with Gasteiger partial charge in [0, 0.05) is 11.9 Å². The number of hydrogen-bond acceptors (Lipinski definition) is 4. The fourth-order valence-electron chi connectivity index (χ4n) is 2.42. The van der Waals surface area contributed by atoms with Crippen LogP contribution in [0.15, 0.2) is 36.5 Å². The number of benzene rings is 1. The smallest absolute Gasteiger partial charge is 0.326 e. The van der Waals surface area contributed by atoms with Gasteiger partial charge < -0.3 is 15.7 Å². The molecule has 1 atom stereocenters. The topological polar surface area (TPSA) is 108 Å². The zero-order chi connectivity index (χ0) is 20.8. The van der Waals surface area contributed by atoms with Crippen LogP contribution in [0.4, 0.5) is 5.69 Å². The zero-order valence-electron chi connectivity index (χ0n) is 15.2. The highest BCUT2D eigenvalue weighted by atomic mass is 35.5. The number of nitrogens with one attached hydrogen (secondary N) is 2. The fourth-order valence-corrected chi connectivity index (χ4v) is 2.80. The summed E-state index contributed by atoms with van der Waals surface area (Å²) in [6, 6.07) is 6.33. The molecule has 0 radical (unpaired) electrons. The molecule has 1 unspecified atom stereocenters. The van der Waals surface area contributed by atoms with E-state index in [1.165, 1.54) is 36.5 Å². The average Bonchev–Trinajstić information content (AvgIpc) is 2.61. The number of pyridine rings is 1. The van der Waals surface area contributed by atoms with Crippen molar-refractivity contribution in [3.05, 3.63) is 57.8 Å². The third-order valence-corrected chi connectivity index (χ3v) is 4.31. The van der Waals surface area contributed by atoms with Gasteiger partial charge in [-0.2, -0.15) is 0 Å². The minimum atomic E-state index is -1.11. The Morgan fingerprint density at radius 1 is 1.11 bits per heavy atom. The van der Waals surface area contributed by atoms with Crippen LogP contribution in [0.25, 0.3) is 0 Å². The fraction of sp³-hybridized carbons (Fsp3) is 0.263. The first-order valence-corrected chi connectivity index (χ1v) is 9.19. The SMILES string of the molecule is CC(C)CC(NC(=O)c1ccc(NC(=O)c2ccc(Cl)nc2)cc1Cl)C(=O)O. The largest absolute Gasteiger partial charge is 0.480 e. The second-order valence-electron chi connectivity index (χ2n) is 6.51. The Morgan fingerprint density at radius 3 is 2.36 bits per heavy atom. The minimum absolute atomic E-state index is 0.0817. The van der Waals surface area contributed by atoms with Crippen LogP contribution < -0.4 is 10.6 Å². The first-order valence-electron chi connectivity index (χ1n) is 8.43. The van der Waals surface area contributed by atoms with Gasteiger partial charge in [0.25, 0.3) is 11.8 Å². The summed E-state index contributed by atoms with van der Waals surface area (Å²) in [5, 5.41) is 14.7. The van der Waals surface area contributed by atoms with Crippen LogP contribution in [-0.2, 0) is 4.79 Å². The van der Waals surface area contributed by atoms with Gasteiger partial charge >= 0.3 is 5.97 Å². The maximum atomic E-state index is 12.4. The normalized spacial score (nSPS) is 11.8. The second kappa shape index (κ2) is 9.52. The lowest BCUT2D eigenvalue weighted by Gasteiger charge is -2.17. The summed E-state index contributed by atoms with van der Waals surface area (Å²) < 4.78 is 0. The molecule has 1 aromatic heterocycles. The number of carbonyl (C=O) groups excluding carboxylic acids is 2. The molecule has 0 bridgehead atoms. The highest BCUT2D eigenvalue weighted by Gasteiger charge is 2.23. The lowest BCUT2D eigenvalue weighted by molar-refractivity contribution is -0.139. The third-order valence-electron chi connectivity index (χ3n) is 3.77. The van der Waals surface area contributed by atoms with Crippen molar-refractivity contribution in [2.45, 2.75) is 26.3 Å². The molecule has 0 aliphatic carbocycles. The van der Waals surface area contributed by atoms with Gasteiger partial charge in [0.15, 0.2) is 0 Å². The molecule has 3 N–H and O–H groups in total. The maximum absolute atomic E-state index is 12.4. The van der Waals surface area contributed by atoms with Gasteiger partial charge in [-0.05, 0) is 42.7 Å². The summed E-state index contributed by atoms with van der Waals surface area (Å²) >= 11 is 11.8. The van der Waals surface area contributed by atoms with E-state index in [1.807, 2.05) is 13.8 Å². The number of hydrogen-bond donors (Lipinski definition) is 3. The van der Waals surface area contributed by atoms with Gasteiger partial charge in [0.1, 0.15) is 11.2 Å². The molecule has 2 rings (SSSR count). The summed E-state index contributed by atoms with van der Waals surface area (Å²) in [5.41, 5.74) is 0.793. The van der Waals surface area contributed by atoms with Crippen molar-refractivity contribution in [3.63, 3.8) is 0 Å². The molecule has 0 saturated heterocycles. The minimum Gasteiger partial charge on any atom is -0.480 e. The molecule has 0 spiro atoms. The predicted molar refractivity (Wildman–Crippen MR) is 107 cm³/mol. The van der Waals surface area contributed by atoms with Crippen molar-refractivity contribution < 1.29 is 19.5 Å². The number of anilines is 1. The van der Waals surface area contributed by atoms with E-state index < -0.39 is 23.8 Å². The molecule has 0 aliphatic heterocycles. The number of rotatable bonds is 7. The Bertz CT molecular complexity index is 885. The second-order valence-corrected chi connectivity index (χ2v) is 7.31. The first-order chi connectivity index (χ1) is 13.2. The average molecular weight is 424 g/mol. The molecule has 0 fully saturated rings. The molecule has 2 amide bonds. The van der Waals surface area contributed by atoms with Crippen LogP contribution in [0, 0.1) is 5.92 Å². The van der Waals surface area contributed by atoms with E-state index in [-0.39, 0.29) is 21.7 Å². The number of aromatic nitrogens is 1. The van der Waals surface area contributed by atoms with Crippen LogP contribution in [-0.4, -0.2) is 33.9 Å². The van der Waals surface area contributed by atoms with Gasteiger partial charge in [-0.1, -0.05) is 37.0 Å². The number of carboxylic acids is 1. The lowest BCUT2D eigenvalue weighted by Crippen LogP contribution is -2.41. The standard InChI is InChI=1S/C19H19Cl2N3O4/c1-10(2)7-15(19(27)28)24-18(26)13-5-4-12(8-14(13)20)23-17(25)11-3-6-16(21)22-9-11/h3-6,8-10,15H,7H2,1-2H3,(H,23,25)(H,24,26)(H,27,28). The molecule has 148 valence electrons. The quantitative estimate of drug-likeness (QED) is 0.585. The van der Waals surface area contributed by atoms with Crippen molar-refractivity contribution in [2.24, 2.45) is 5.92 Å². The summed E-state index contributed by atoms with van der Waals surface area (Å²) in [5.74, 6) is -2.03. The van der Waals surface area contributed by atoms with Crippen LogP contribution >= 0.6 is 23.2 Å². The first kappa shape index (κ1) is 21.7. The van der Waals surface area contributed by atoms with Crippen molar-refractivity contribution in [1.29, 1.82) is 0 Å². The summed E-state index contributed by atoms with van der Waals surface area (Å²) in [4.78, 5) is 39.7. The number of amides is 2. The molecule has 0 aliphatic rings. The summed E-state index contributed by atoms with van der Waals surface area (Å²) in [6.07, 6.45) is 1.63. The molecule has 0 saturated carbocycles. The maximum Gasteiger partial charge on any atom is 0.326 e. The zero-order valence-corrected chi connectivity index (χ0v) is 16.7. The molecular formula is C19H19Cl2N3O4. The lowest BCUT2D eigenvalue weighted by atomic mass is 10.0. The van der Waals surface area contributed by atoms with E-state index in [1.54, 1.807) is 0 Å².